The summed E-state index contributed by atoms with van der Waals surface area (Å²) in [6.45, 7) is 6.60. The molecule has 0 aromatic heterocycles. The van der Waals surface area contributed by atoms with E-state index in [0.717, 1.165) is 32.5 Å². The van der Waals surface area contributed by atoms with Crippen molar-refractivity contribution in [3.05, 3.63) is 0 Å². The van der Waals surface area contributed by atoms with Gasteiger partial charge in [-0.25, -0.2) is 0 Å². The Morgan fingerprint density at radius 2 is 2.00 bits per heavy atom. The van der Waals surface area contributed by atoms with Crippen molar-refractivity contribution < 1.29 is 14.7 Å². The lowest BCUT2D eigenvalue weighted by molar-refractivity contribution is -0.131. The van der Waals surface area contributed by atoms with Gasteiger partial charge in [0.05, 0.1) is 6.61 Å². The standard InChI is InChI=1S/C15H27N3O3/c1-12-11-13(12)15(21)16-4-3-14(20)18-6-2-5-17(7-8-18)9-10-19/h12-13,19H,2-11H2,1H3,(H,16,21). The van der Waals surface area contributed by atoms with Crippen molar-refractivity contribution in [2.45, 2.75) is 26.2 Å². The van der Waals surface area contributed by atoms with Crippen LogP contribution in [0.2, 0.25) is 0 Å². The summed E-state index contributed by atoms with van der Waals surface area (Å²) in [7, 11) is 0. The van der Waals surface area contributed by atoms with Crippen LogP contribution in [0.25, 0.3) is 0 Å². The number of nitrogens with one attached hydrogen (secondary N) is 1. The molecule has 0 bridgehead atoms. The first-order valence-corrected chi connectivity index (χ1v) is 8.00. The third-order valence-corrected chi connectivity index (χ3v) is 4.44. The smallest absolute Gasteiger partial charge is 0.224 e. The van der Waals surface area contributed by atoms with Gasteiger partial charge in [0.25, 0.3) is 0 Å². The SMILES string of the molecule is CC1CC1C(=O)NCCC(=O)N1CCCN(CCO)CC1. The summed E-state index contributed by atoms with van der Waals surface area (Å²) in [6, 6.07) is 0. The fourth-order valence-corrected chi connectivity index (χ4v) is 2.85. The molecule has 1 saturated heterocycles. The summed E-state index contributed by atoms with van der Waals surface area (Å²) in [5.41, 5.74) is 0. The Balaban J connectivity index is 1.64. The van der Waals surface area contributed by atoms with E-state index in [4.69, 9.17) is 5.11 Å². The largest absolute Gasteiger partial charge is 0.395 e. The number of nitrogens with zero attached hydrogens (tertiary/aromatic N) is 2. The molecule has 2 unspecified atom stereocenters. The van der Waals surface area contributed by atoms with Crippen molar-refractivity contribution in [1.82, 2.24) is 15.1 Å². The van der Waals surface area contributed by atoms with Crippen molar-refractivity contribution in [3.8, 4) is 0 Å². The minimum atomic E-state index is 0.0975. The number of aliphatic hydroxyl groups is 1. The molecule has 0 aromatic rings. The number of rotatable bonds is 6. The predicted molar refractivity (Wildman–Crippen MR) is 79.6 cm³/mol. The Morgan fingerprint density at radius 1 is 1.24 bits per heavy atom. The van der Waals surface area contributed by atoms with Crippen LogP contribution in [0.5, 0.6) is 0 Å². The molecule has 6 nitrogen and oxygen atoms in total. The highest BCUT2D eigenvalue weighted by Crippen LogP contribution is 2.37. The van der Waals surface area contributed by atoms with E-state index >= 15 is 0 Å². The van der Waals surface area contributed by atoms with Gasteiger partial charge in [-0.1, -0.05) is 6.92 Å². The number of hydrogen-bond acceptors (Lipinski definition) is 4. The maximum Gasteiger partial charge on any atom is 0.224 e. The molecule has 2 rings (SSSR count). The third-order valence-electron chi connectivity index (χ3n) is 4.44. The van der Waals surface area contributed by atoms with Crippen molar-refractivity contribution in [2.75, 3.05) is 45.9 Å². The number of amides is 2. The summed E-state index contributed by atoms with van der Waals surface area (Å²) in [4.78, 5) is 27.9. The highest BCUT2D eigenvalue weighted by atomic mass is 16.3. The molecule has 0 radical (unpaired) electrons. The Kier molecular flexibility index (Phi) is 5.99. The van der Waals surface area contributed by atoms with Gasteiger partial charge in [-0.2, -0.15) is 0 Å². The molecule has 120 valence electrons. The zero-order valence-electron chi connectivity index (χ0n) is 12.9. The fourth-order valence-electron chi connectivity index (χ4n) is 2.85. The van der Waals surface area contributed by atoms with Crippen LogP contribution in [0.3, 0.4) is 0 Å². The third kappa shape index (κ3) is 4.97. The molecule has 21 heavy (non-hydrogen) atoms. The summed E-state index contributed by atoms with van der Waals surface area (Å²) in [5, 5.41) is 11.8. The van der Waals surface area contributed by atoms with Gasteiger partial charge in [-0.15, -0.1) is 0 Å². The highest BCUT2D eigenvalue weighted by Gasteiger charge is 2.38. The zero-order chi connectivity index (χ0) is 15.2. The second kappa shape index (κ2) is 7.75. The van der Waals surface area contributed by atoms with Crippen LogP contribution in [0.1, 0.15) is 26.2 Å². The van der Waals surface area contributed by atoms with Crippen molar-refractivity contribution in [1.29, 1.82) is 0 Å². The molecular weight excluding hydrogens is 270 g/mol. The Morgan fingerprint density at radius 3 is 2.67 bits per heavy atom. The molecule has 1 aliphatic heterocycles. The minimum absolute atomic E-state index is 0.0975. The Labute approximate surface area is 126 Å². The summed E-state index contributed by atoms with van der Waals surface area (Å²) < 4.78 is 0. The quantitative estimate of drug-likeness (QED) is 0.704. The molecule has 2 amide bonds. The molecule has 0 aromatic carbocycles. The Bertz CT molecular complexity index is 375. The predicted octanol–water partition coefficient (Wildman–Crippen LogP) is -0.325. The first kappa shape index (κ1) is 16.2. The van der Waals surface area contributed by atoms with Gasteiger partial charge in [0.1, 0.15) is 0 Å². The van der Waals surface area contributed by atoms with Crippen LogP contribution < -0.4 is 5.32 Å². The molecule has 2 N–H and O–H groups in total. The molecule has 0 spiro atoms. The summed E-state index contributed by atoms with van der Waals surface area (Å²) in [5.74, 6) is 0.888. The highest BCUT2D eigenvalue weighted by molar-refractivity contribution is 5.82. The number of carbonyl (C=O) groups is 2. The molecular formula is C15H27N3O3. The minimum Gasteiger partial charge on any atom is -0.395 e. The lowest BCUT2D eigenvalue weighted by Crippen LogP contribution is -2.38. The van der Waals surface area contributed by atoms with Gasteiger partial charge < -0.3 is 15.3 Å². The van der Waals surface area contributed by atoms with E-state index in [1.165, 1.54) is 0 Å². The number of aliphatic hydroxyl groups excluding tert-OH is 1. The lowest BCUT2D eigenvalue weighted by Gasteiger charge is -2.21. The van der Waals surface area contributed by atoms with Crippen LogP contribution >= 0.6 is 0 Å². The second-order valence-corrected chi connectivity index (χ2v) is 6.16. The maximum absolute atomic E-state index is 12.2. The van der Waals surface area contributed by atoms with Gasteiger partial charge in [0.15, 0.2) is 0 Å². The van der Waals surface area contributed by atoms with E-state index in [0.29, 0.717) is 32.0 Å². The average Bonchev–Trinajstić information content (AvgIpc) is 3.22. The molecule has 1 aliphatic carbocycles. The van der Waals surface area contributed by atoms with Gasteiger partial charge in [0, 0.05) is 45.1 Å². The molecule has 2 atom stereocenters. The van der Waals surface area contributed by atoms with Crippen LogP contribution in [0.15, 0.2) is 0 Å². The van der Waals surface area contributed by atoms with Gasteiger partial charge in [-0.05, 0) is 25.3 Å². The van der Waals surface area contributed by atoms with E-state index in [-0.39, 0.29) is 24.3 Å². The van der Waals surface area contributed by atoms with Gasteiger partial charge in [-0.3, -0.25) is 14.5 Å². The van der Waals surface area contributed by atoms with Gasteiger partial charge in [0.2, 0.25) is 11.8 Å². The van der Waals surface area contributed by atoms with Crippen molar-refractivity contribution in [2.24, 2.45) is 11.8 Å². The second-order valence-electron chi connectivity index (χ2n) is 6.16. The van der Waals surface area contributed by atoms with Crippen LogP contribution in [-0.2, 0) is 9.59 Å². The normalized spacial score (nSPS) is 26.3. The topological polar surface area (TPSA) is 72.9 Å². The molecule has 6 heteroatoms. The van der Waals surface area contributed by atoms with E-state index in [1.807, 2.05) is 4.90 Å². The monoisotopic (exact) mass is 297 g/mol. The van der Waals surface area contributed by atoms with E-state index < -0.39 is 0 Å². The number of carbonyl (C=O) groups excluding carboxylic acids is 2. The van der Waals surface area contributed by atoms with Crippen molar-refractivity contribution >= 4 is 11.8 Å². The molecule has 1 heterocycles. The van der Waals surface area contributed by atoms with Crippen LogP contribution in [0, 0.1) is 11.8 Å². The Hall–Kier alpha value is -1.14. The summed E-state index contributed by atoms with van der Waals surface area (Å²) >= 11 is 0. The maximum atomic E-state index is 12.2. The first-order chi connectivity index (χ1) is 10.1. The average molecular weight is 297 g/mol. The van der Waals surface area contributed by atoms with Crippen LogP contribution in [-0.4, -0.2) is 72.6 Å². The first-order valence-electron chi connectivity index (χ1n) is 8.00. The fraction of sp³-hybridized carbons (Fsp3) is 0.867. The number of β-amino-alcohol motifs (C(OH)–C–C–N with tert-alkyl or cyclic N) is 1. The lowest BCUT2D eigenvalue weighted by atomic mass is 10.3. The van der Waals surface area contributed by atoms with Gasteiger partial charge >= 0.3 is 0 Å². The summed E-state index contributed by atoms with van der Waals surface area (Å²) in [6.07, 6.45) is 2.30. The molecule has 1 saturated carbocycles. The van der Waals surface area contributed by atoms with E-state index in [9.17, 15) is 9.59 Å². The molecule has 2 fully saturated rings. The van der Waals surface area contributed by atoms with E-state index in [2.05, 4.69) is 17.1 Å². The van der Waals surface area contributed by atoms with Crippen LogP contribution in [0.4, 0.5) is 0 Å². The van der Waals surface area contributed by atoms with E-state index in [1.54, 1.807) is 0 Å². The zero-order valence-corrected chi connectivity index (χ0v) is 12.9. The van der Waals surface area contributed by atoms with Crippen molar-refractivity contribution in [3.63, 3.8) is 0 Å². The molecule has 2 aliphatic rings. The number of hydrogen-bond donors (Lipinski definition) is 2.